The molecule has 1 aromatic carbocycles. The number of carbonyl (C=O) groups excluding carboxylic acids is 1. The van der Waals surface area contributed by atoms with E-state index < -0.39 is 0 Å². The van der Waals surface area contributed by atoms with Crippen molar-refractivity contribution in [1.29, 1.82) is 5.26 Å². The minimum atomic E-state index is -0.0857. The van der Waals surface area contributed by atoms with Gasteiger partial charge in [-0.1, -0.05) is 12.1 Å². The number of nitriles is 1. The third-order valence-corrected chi connectivity index (χ3v) is 2.93. The van der Waals surface area contributed by atoms with E-state index in [9.17, 15) is 4.79 Å². The Hall–Kier alpha value is -1.67. The normalized spacial score (nSPS) is 9.41. The molecule has 0 saturated heterocycles. The molecule has 0 aromatic heterocycles. The van der Waals surface area contributed by atoms with Gasteiger partial charge in [-0.2, -0.15) is 17.0 Å². The molecule has 90 valence electrons. The maximum absolute atomic E-state index is 11.6. The van der Waals surface area contributed by atoms with Crippen LogP contribution in [-0.4, -0.2) is 24.5 Å². The highest BCUT2D eigenvalue weighted by molar-refractivity contribution is 7.99. The van der Waals surface area contributed by atoms with Gasteiger partial charge in [-0.15, -0.1) is 0 Å². The van der Waals surface area contributed by atoms with Gasteiger partial charge in [0.2, 0.25) is 5.91 Å². The van der Waals surface area contributed by atoms with Crippen molar-refractivity contribution in [1.82, 2.24) is 0 Å². The van der Waals surface area contributed by atoms with Crippen molar-refractivity contribution in [2.75, 3.05) is 23.9 Å². The van der Waals surface area contributed by atoms with E-state index >= 15 is 0 Å². The fourth-order valence-corrected chi connectivity index (χ4v) is 1.85. The first-order valence-electron chi connectivity index (χ1n) is 5.15. The zero-order valence-electron chi connectivity index (χ0n) is 9.60. The highest BCUT2D eigenvalue weighted by Gasteiger charge is 2.06. The van der Waals surface area contributed by atoms with Crippen LogP contribution in [0.25, 0.3) is 0 Å². The van der Waals surface area contributed by atoms with Crippen molar-refractivity contribution in [3.05, 3.63) is 24.3 Å². The molecule has 0 spiro atoms. The number of nitrogens with zero attached hydrogens (tertiary/aromatic N) is 1. The molecule has 0 bridgehead atoms. The van der Waals surface area contributed by atoms with Gasteiger partial charge in [0, 0.05) is 12.2 Å². The largest absolute Gasteiger partial charge is 0.495 e. The number of anilines is 1. The van der Waals surface area contributed by atoms with Gasteiger partial charge in [0.15, 0.2) is 0 Å². The van der Waals surface area contributed by atoms with Gasteiger partial charge in [0.1, 0.15) is 5.75 Å². The molecule has 1 rings (SSSR count). The number of hydrogen-bond acceptors (Lipinski definition) is 4. The van der Waals surface area contributed by atoms with E-state index in [0.717, 1.165) is 0 Å². The SMILES string of the molecule is COc1ccccc1NC(=O)CSCCC#N. The van der Waals surface area contributed by atoms with Crippen LogP contribution in [0, 0.1) is 11.3 Å². The topological polar surface area (TPSA) is 62.1 Å². The van der Waals surface area contributed by atoms with Crippen LogP contribution in [0.4, 0.5) is 5.69 Å². The Morgan fingerprint density at radius 3 is 3.00 bits per heavy atom. The average molecular weight is 250 g/mol. The monoisotopic (exact) mass is 250 g/mol. The fraction of sp³-hybridized carbons (Fsp3) is 0.333. The van der Waals surface area contributed by atoms with E-state index in [0.29, 0.717) is 29.4 Å². The highest BCUT2D eigenvalue weighted by atomic mass is 32.2. The molecule has 0 radical (unpaired) electrons. The van der Waals surface area contributed by atoms with E-state index in [-0.39, 0.29) is 5.91 Å². The molecule has 0 aliphatic rings. The van der Waals surface area contributed by atoms with Crippen LogP contribution in [0.15, 0.2) is 24.3 Å². The molecule has 1 aromatic rings. The van der Waals surface area contributed by atoms with Crippen molar-refractivity contribution in [3.8, 4) is 11.8 Å². The number of nitrogens with one attached hydrogen (secondary N) is 1. The minimum Gasteiger partial charge on any atom is -0.495 e. The van der Waals surface area contributed by atoms with Crippen molar-refractivity contribution in [3.63, 3.8) is 0 Å². The third-order valence-electron chi connectivity index (χ3n) is 1.97. The summed E-state index contributed by atoms with van der Waals surface area (Å²) in [6.07, 6.45) is 0.465. The Kier molecular flexibility index (Phi) is 5.97. The van der Waals surface area contributed by atoms with E-state index in [2.05, 4.69) is 5.32 Å². The summed E-state index contributed by atoms with van der Waals surface area (Å²) in [4.78, 5) is 11.6. The van der Waals surface area contributed by atoms with Gasteiger partial charge in [-0.05, 0) is 12.1 Å². The lowest BCUT2D eigenvalue weighted by Crippen LogP contribution is -2.14. The van der Waals surface area contributed by atoms with Gasteiger partial charge in [-0.25, -0.2) is 0 Å². The Labute approximate surface area is 105 Å². The summed E-state index contributed by atoms with van der Waals surface area (Å²) in [5.74, 6) is 1.58. The minimum absolute atomic E-state index is 0.0857. The summed E-state index contributed by atoms with van der Waals surface area (Å²) in [6.45, 7) is 0. The van der Waals surface area contributed by atoms with Crippen LogP contribution < -0.4 is 10.1 Å². The summed E-state index contributed by atoms with van der Waals surface area (Å²) in [6, 6.07) is 9.29. The molecule has 0 atom stereocenters. The van der Waals surface area contributed by atoms with E-state index in [1.54, 1.807) is 19.2 Å². The molecule has 5 heteroatoms. The van der Waals surface area contributed by atoms with Gasteiger partial charge >= 0.3 is 0 Å². The molecule has 0 saturated carbocycles. The molecule has 0 heterocycles. The first kappa shape index (κ1) is 13.4. The fourth-order valence-electron chi connectivity index (χ4n) is 1.22. The second-order valence-corrected chi connectivity index (χ2v) is 4.31. The number of thioether (sulfide) groups is 1. The summed E-state index contributed by atoms with van der Waals surface area (Å²) < 4.78 is 5.12. The zero-order chi connectivity index (χ0) is 12.5. The predicted molar refractivity (Wildman–Crippen MR) is 69.2 cm³/mol. The van der Waals surface area contributed by atoms with Crippen molar-refractivity contribution >= 4 is 23.4 Å². The maximum Gasteiger partial charge on any atom is 0.234 e. The Morgan fingerprint density at radius 2 is 2.29 bits per heavy atom. The van der Waals surface area contributed by atoms with Crippen LogP contribution in [0.2, 0.25) is 0 Å². The van der Waals surface area contributed by atoms with Gasteiger partial charge in [0.05, 0.1) is 24.6 Å². The maximum atomic E-state index is 11.6. The molecule has 4 nitrogen and oxygen atoms in total. The first-order chi connectivity index (χ1) is 8.27. The summed E-state index contributed by atoms with van der Waals surface area (Å²) in [5, 5.41) is 11.1. The number of rotatable bonds is 6. The average Bonchev–Trinajstić information content (AvgIpc) is 2.35. The van der Waals surface area contributed by atoms with E-state index in [1.165, 1.54) is 11.8 Å². The number of para-hydroxylation sites is 2. The second kappa shape index (κ2) is 7.58. The summed E-state index contributed by atoms with van der Waals surface area (Å²) >= 11 is 1.44. The molecular formula is C12H14N2O2S. The quantitative estimate of drug-likeness (QED) is 0.787. The summed E-state index contributed by atoms with van der Waals surface area (Å²) in [7, 11) is 1.56. The molecule has 0 aliphatic heterocycles. The number of hydrogen-bond donors (Lipinski definition) is 1. The van der Waals surface area contributed by atoms with Crippen LogP contribution in [0.3, 0.4) is 0 Å². The smallest absolute Gasteiger partial charge is 0.234 e. The van der Waals surface area contributed by atoms with Crippen molar-refractivity contribution in [2.45, 2.75) is 6.42 Å². The molecule has 0 aliphatic carbocycles. The Balaban J connectivity index is 2.42. The van der Waals surface area contributed by atoms with E-state index in [1.807, 2.05) is 18.2 Å². The Morgan fingerprint density at radius 1 is 1.53 bits per heavy atom. The van der Waals surface area contributed by atoms with Crippen molar-refractivity contribution < 1.29 is 9.53 Å². The number of benzene rings is 1. The van der Waals surface area contributed by atoms with Gasteiger partial charge < -0.3 is 10.1 Å². The second-order valence-electron chi connectivity index (χ2n) is 3.21. The summed E-state index contributed by atoms with van der Waals surface area (Å²) in [5.41, 5.74) is 0.667. The zero-order valence-corrected chi connectivity index (χ0v) is 10.4. The number of methoxy groups -OCH3 is 1. The van der Waals surface area contributed by atoms with Gasteiger partial charge in [-0.3, -0.25) is 4.79 Å². The number of amides is 1. The highest BCUT2D eigenvalue weighted by Crippen LogP contribution is 2.23. The first-order valence-corrected chi connectivity index (χ1v) is 6.31. The third kappa shape index (κ3) is 4.79. The van der Waals surface area contributed by atoms with Crippen LogP contribution in [0.5, 0.6) is 5.75 Å². The Bertz CT molecular complexity index is 415. The number of ether oxygens (including phenoxy) is 1. The molecule has 1 N–H and O–H groups in total. The van der Waals surface area contributed by atoms with Crippen LogP contribution in [0.1, 0.15) is 6.42 Å². The molecule has 1 amide bonds. The molecule has 0 unspecified atom stereocenters. The number of carbonyl (C=O) groups is 1. The molecule has 0 fully saturated rings. The van der Waals surface area contributed by atoms with Gasteiger partial charge in [0.25, 0.3) is 0 Å². The standard InChI is InChI=1S/C12H14N2O2S/c1-16-11-6-3-2-5-10(11)14-12(15)9-17-8-4-7-13/h2-3,5-6H,4,8-9H2,1H3,(H,14,15). The van der Waals surface area contributed by atoms with Crippen molar-refractivity contribution in [2.24, 2.45) is 0 Å². The van der Waals surface area contributed by atoms with Crippen LogP contribution in [-0.2, 0) is 4.79 Å². The van der Waals surface area contributed by atoms with E-state index in [4.69, 9.17) is 10.00 Å². The molecular weight excluding hydrogens is 236 g/mol. The van der Waals surface area contributed by atoms with Crippen LogP contribution >= 0.6 is 11.8 Å². The lowest BCUT2D eigenvalue weighted by molar-refractivity contribution is -0.113. The molecule has 17 heavy (non-hydrogen) atoms. The lowest BCUT2D eigenvalue weighted by atomic mass is 10.3. The lowest BCUT2D eigenvalue weighted by Gasteiger charge is -2.09. The predicted octanol–water partition coefficient (Wildman–Crippen LogP) is 2.28.